The van der Waals surface area contributed by atoms with Gasteiger partial charge in [-0.1, -0.05) is 55.6 Å². The summed E-state index contributed by atoms with van der Waals surface area (Å²) in [5, 5.41) is 3.22. The van der Waals surface area contributed by atoms with Crippen LogP contribution in [0.2, 0.25) is 5.02 Å². The summed E-state index contributed by atoms with van der Waals surface area (Å²) in [7, 11) is 1.79. The Morgan fingerprint density at radius 2 is 1.70 bits per heavy atom. The predicted octanol–water partition coefficient (Wildman–Crippen LogP) is 6.08. The molecule has 20 heavy (non-hydrogen) atoms. The standard InChI is InChI=1S/C14H10Br3ClFN/c1-20-14(8-3-2-7(15)6-11(8)17)9-4-5-10(16)12(18)13(9)19/h2-6,14,20H,1H3. The molecule has 0 fully saturated rings. The second-order valence-corrected chi connectivity index (χ2v) is 7.15. The molecule has 0 heterocycles. The largest absolute Gasteiger partial charge is 0.309 e. The van der Waals surface area contributed by atoms with Crippen molar-refractivity contribution in [2.45, 2.75) is 6.04 Å². The van der Waals surface area contributed by atoms with E-state index in [2.05, 4.69) is 53.1 Å². The van der Waals surface area contributed by atoms with Gasteiger partial charge in [0, 0.05) is 19.0 Å². The summed E-state index contributed by atoms with van der Waals surface area (Å²) in [5.74, 6) is -0.421. The van der Waals surface area contributed by atoms with E-state index in [1.54, 1.807) is 19.2 Å². The van der Waals surface area contributed by atoms with Crippen molar-refractivity contribution in [3.63, 3.8) is 0 Å². The van der Waals surface area contributed by atoms with Gasteiger partial charge in [0.25, 0.3) is 0 Å². The molecule has 1 nitrogen and oxygen atoms in total. The number of hydrogen-bond acceptors (Lipinski definition) is 1. The Kier molecular flexibility index (Phi) is 5.65. The number of benzene rings is 2. The summed E-state index contributed by atoms with van der Waals surface area (Å²) in [6, 6.07) is 8.97. The third-order valence-electron chi connectivity index (χ3n) is 2.94. The molecule has 0 saturated heterocycles. The molecule has 1 unspecified atom stereocenters. The van der Waals surface area contributed by atoms with Gasteiger partial charge in [0.2, 0.25) is 0 Å². The molecule has 1 atom stereocenters. The highest BCUT2D eigenvalue weighted by Gasteiger charge is 2.21. The average molecular weight is 486 g/mol. The molecule has 0 spiro atoms. The molecule has 0 aliphatic heterocycles. The van der Waals surface area contributed by atoms with Crippen molar-refractivity contribution in [1.82, 2.24) is 5.32 Å². The highest BCUT2D eigenvalue weighted by Crippen LogP contribution is 2.35. The lowest BCUT2D eigenvalue weighted by Crippen LogP contribution is -2.19. The Morgan fingerprint density at radius 3 is 2.30 bits per heavy atom. The molecule has 2 aromatic rings. The zero-order chi connectivity index (χ0) is 14.9. The van der Waals surface area contributed by atoms with E-state index in [9.17, 15) is 4.39 Å². The van der Waals surface area contributed by atoms with Gasteiger partial charge >= 0.3 is 0 Å². The third kappa shape index (κ3) is 3.28. The lowest BCUT2D eigenvalue weighted by atomic mass is 9.98. The van der Waals surface area contributed by atoms with Crippen molar-refractivity contribution < 1.29 is 4.39 Å². The second kappa shape index (κ2) is 6.88. The lowest BCUT2D eigenvalue weighted by Gasteiger charge is -2.20. The Morgan fingerprint density at radius 1 is 1.05 bits per heavy atom. The Hall–Kier alpha value is 0.0600. The first kappa shape index (κ1) is 16.4. The smallest absolute Gasteiger partial charge is 0.148 e. The SMILES string of the molecule is CNC(c1ccc(Br)cc1Br)c1ccc(Br)c(Cl)c1F. The molecule has 2 rings (SSSR count). The molecule has 0 saturated carbocycles. The molecule has 106 valence electrons. The first-order valence-electron chi connectivity index (χ1n) is 5.71. The van der Waals surface area contributed by atoms with Crippen LogP contribution in [0, 0.1) is 5.82 Å². The van der Waals surface area contributed by atoms with E-state index in [1.807, 2.05) is 18.2 Å². The monoisotopic (exact) mass is 483 g/mol. The van der Waals surface area contributed by atoms with E-state index in [0.717, 1.165) is 14.5 Å². The molecule has 1 N–H and O–H groups in total. The van der Waals surface area contributed by atoms with E-state index < -0.39 is 5.82 Å². The van der Waals surface area contributed by atoms with Gasteiger partial charge in [0.15, 0.2) is 0 Å². The third-order valence-corrected chi connectivity index (χ3v) is 5.38. The maximum Gasteiger partial charge on any atom is 0.148 e. The van der Waals surface area contributed by atoms with Gasteiger partial charge in [-0.2, -0.15) is 0 Å². The minimum absolute atomic E-state index is 0.0935. The maximum absolute atomic E-state index is 14.4. The minimum atomic E-state index is -0.421. The summed E-state index contributed by atoms with van der Waals surface area (Å²) < 4.78 is 16.8. The van der Waals surface area contributed by atoms with Crippen LogP contribution < -0.4 is 5.32 Å². The van der Waals surface area contributed by atoms with Crippen LogP contribution >= 0.6 is 59.4 Å². The van der Waals surface area contributed by atoms with Gasteiger partial charge in [-0.3, -0.25) is 0 Å². The highest BCUT2D eigenvalue weighted by molar-refractivity contribution is 9.11. The van der Waals surface area contributed by atoms with Gasteiger partial charge in [0.1, 0.15) is 5.82 Å². The molecular formula is C14H10Br3ClFN. The van der Waals surface area contributed by atoms with Crippen molar-refractivity contribution in [2.75, 3.05) is 7.05 Å². The van der Waals surface area contributed by atoms with E-state index in [-0.39, 0.29) is 11.1 Å². The summed E-state index contributed by atoms with van der Waals surface area (Å²) in [4.78, 5) is 0. The van der Waals surface area contributed by atoms with Gasteiger partial charge < -0.3 is 5.32 Å². The maximum atomic E-state index is 14.4. The van der Waals surface area contributed by atoms with E-state index in [0.29, 0.717) is 10.0 Å². The average Bonchev–Trinajstić information content (AvgIpc) is 2.41. The van der Waals surface area contributed by atoms with E-state index >= 15 is 0 Å². The Bertz CT molecular complexity index is 649. The van der Waals surface area contributed by atoms with Crippen LogP contribution in [0.1, 0.15) is 17.2 Å². The summed E-state index contributed by atoms with van der Waals surface area (Å²) in [6.07, 6.45) is 0. The molecule has 0 aliphatic rings. The zero-order valence-corrected chi connectivity index (χ0v) is 15.9. The van der Waals surface area contributed by atoms with Crippen molar-refractivity contribution in [1.29, 1.82) is 0 Å². The first-order chi connectivity index (χ1) is 9.45. The number of nitrogens with one attached hydrogen (secondary N) is 1. The predicted molar refractivity (Wildman–Crippen MR) is 91.9 cm³/mol. The molecular weight excluding hydrogens is 476 g/mol. The van der Waals surface area contributed by atoms with E-state index in [1.165, 1.54) is 0 Å². The van der Waals surface area contributed by atoms with Crippen LogP contribution in [-0.4, -0.2) is 7.05 Å². The van der Waals surface area contributed by atoms with Crippen molar-refractivity contribution in [2.24, 2.45) is 0 Å². The first-order valence-corrected chi connectivity index (χ1v) is 8.47. The second-order valence-electron chi connectivity index (χ2n) is 4.15. The molecule has 2 aromatic carbocycles. The Balaban J connectivity index is 2.55. The summed E-state index contributed by atoms with van der Waals surface area (Å²) in [5.41, 5.74) is 1.44. The molecule has 0 radical (unpaired) electrons. The number of rotatable bonds is 3. The molecule has 0 aromatic heterocycles. The fourth-order valence-electron chi connectivity index (χ4n) is 1.98. The molecule has 0 bridgehead atoms. The number of halogens is 5. The quantitative estimate of drug-likeness (QED) is 0.519. The topological polar surface area (TPSA) is 12.0 Å². The van der Waals surface area contributed by atoms with Crippen molar-refractivity contribution >= 4 is 59.4 Å². The molecule has 0 aliphatic carbocycles. The Labute approximate surface area is 147 Å². The normalized spacial score (nSPS) is 12.5. The zero-order valence-electron chi connectivity index (χ0n) is 10.4. The van der Waals surface area contributed by atoms with Crippen molar-refractivity contribution in [3.05, 3.63) is 65.7 Å². The summed E-state index contributed by atoms with van der Waals surface area (Å²) in [6.45, 7) is 0. The minimum Gasteiger partial charge on any atom is -0.309 e. The molecule has 6 heteroatoms. The fourth-order valence-corrected chi connectivity index (χ4v) is 3.73. The highest BCUT2D eigenvalue weighted by atomic mass is 79.9. The van der Waals surface area contributed by atoms with Crippen LogP contribution in [0.3, 0.4) is 0 Å². The van der Waals surface area contributed by atoms with Gasteiger partial charge in [-0.05, 0) is 46.7 Å². The van der Waals surface area contributed by atoms with Gasteiger partial charge in [0.05, 0.1) is 11.1 Å². The molecule has 0 amide bonds. The number of hydrogen-bond donors (Lipinski definition) is 1. The van der Waals surface area contributed by atoms with Crippen LogP contribution in [-0.2, 0) is 0 Å². The van der Waals surface area contributed by atoms with Crippen LogP contribution in [0.15, 0.2) is 43.7 Å². The van der Waals surface area contributed by atoms with Crippen LogP contribution in [0.4, 0.5) is 4.39 Å². The van der Waals surface area contributed by atoms with Crippen LogP contribution in [0.5, 0.6) is 0 Å². The summed E-state index contributed by atoms with van der Waals surface area (Å²) >= 11 is 16.1. The fraction of sp³-hybridized carbons (Fsp3) is 0.143. The lowest BCUT2D eigenvalue weighted by molar-refractivity contribution is 0.575. The van der Waals surface area contributed by atoms with Gasteiger partial charge in [-0.25, -0.2) is 4.39 Å². The van der Waals surface area contributed by atoms with Gasteiger partial charge in [-0.15, -0.1) is 0 Å². The van der Waals surface area contributed by atoms with Crippen molar-refractivity contribution in [3.8, 4) is 0 Å². The van der Waals surface area contributed by atoms with Crippen LogP contribution in [0.25, 0.3) is 0 Å². The van der Waals surface area contributed by atoms with E-state index in [4.69, 9.17) is 11.6 Å².